The highest BCUT2D eigenvalue weighted by Gasteiger charge is 2.22. The Hall–Kier alpha value is -2.30. The van der Waals surface area contributed by atoms with Crippen molar-refractivity contribution >= 4 is 0 Å². The second kappa shape index (κ2) is 6.64. The molecular weight excluding hydrogens is 285 g/mol. The number of hydrogen-bond acceptors (Lipinski definition) is 5. The first kappa shape index (κ1) is 14.6. The summed E-state index contributed by atoms with van der Waals surface area (Å²) in [5.41, 5.74) is 0.938. The third-order valence-electron chi connectivity index (χ3n) is 3.66. The van der Waals surface area contributed by atoms with Gasteiger partial charge in [-0.15, -0.1) is 0 Å². The molecule has 1 saturated heterocycles. The smallest absolute Gasteiger partial charge is 0.137 e. The summed E-state index contributed by atoms with van der Waals surface area (Å²) < 4.78 is 21.4. The predicted molar refractivity (Wildman–Crippen MR) is 76.2 cm³/mol. The molecule has 3 rings (SSSR count). The molecule has 0 spiro atoms. The fourth-order valence-corrected chi connectivity index (χ4v) is 2.56. The van der Waals surface area contributed by atoms with Gasteiger partial charge in [0.25, 0.3) is 0 Å². The van der Waals surface area contributed by atoms with Crippen LogP contribution in [-0.2, 0) is 17.8 Å². The number of aromatic nitrogens is 3. The molecule has 1 atom stereocenters. The van der Waals surface area contributed by atoms with Gasteiger partial charge >= 0.3 is 0 Å². The zero-order chi connectivity index (χ0) is 15.4. The average Bonchev–Trinajstić information content (AvgIpc) is 3.02. The number of halogens is 1. The van der Waals surface area contributed by atoms with Gasteiger partial charge in [-0.2, -0.15) is 10.4 Å². The Labute approximate surface area is 127 Å². The van der Waals surface area contributed by atoms with Crippen LogP contribution in [0.1, 0.15) is 11.1 Å². The monoisotopic (exact) mass is 301 g/mol. The van der Waals surface area contributed by atoms with Gasteiger partial charge in [0.15, 0.2) is 0 Å². The molecule has 0 bridgehead atoms. The van der Waals surface area contributed by atoms with E-state index in [-0.39, 0.29) is 11.9 Å². The second-order valence-corrected chi connectivity index (χ2v) is 5.26. The summed E-state index contributed by atoms with van der Waals surface area (Å²) in [5.74, 6) is -0.335. The molecule has 0 saturated carbocycles. The van der Waals surface area contributed by atoms with E-state index < -0.39 is 0 Å². The summed E-state index contributed by atoms with van der Waals surface area (Å²) in [6.45, 7) is 3.21. The Bertz CT molecular complexity index is 667. The van der Waals surface area contributed by atoms with E-state index in [1.807, 2.05) is 6.07 Å². The lowest BCUT2D eigenvalue weighted by Crippen LogP contribution is -2.43. The third kappa shape index (κ3) is 3.47. The standard InChI is InChI=1S/C15H16FN5O/c16-15-5-12(6-17)1-2-13(15)7-20-3-4-22-14(8-20)9-21-11-18-10-19-21/h1-2,5,10-11,14H,3-4,7-9H2. The van der Waals surface area contributed by atoms with Crippen molar-refractivity contribution in [2.75, 3.05) is 19.7 Å². The maximum Gasteiger partial charge on any atom is 0.137 e. The molecule has 2 aromatic rings. The Kier molecular flexibility index (Phi) is 4.42. The van der Waals surface area contributed by atoms with Crippen LogP contribution in [0.4, 0.5) is 4.39 Å². The lowest BCUT2D eigenvalue weighted by Gasteiger charge is -2.32. The van der Waals surface area contributed by atoms with Gasteiger partial charge in [-0.05, 0) is 12.1 Å². The minimum Gasteiger partial charge on any atom is -0.374 e. The molecule has 1 fully saturated rings. The molecule has 0 radical (unpaired) electrons. The van der Waals surface area contributed by atoms with Crippen molar-refractivity contribution < 1.29 is 9.13 Å². The Morgan fingerprint density at radius 2 is 2.36 bits per heavy atom. The minimum absolute atomic E-state index is 0.0110. The number of nitriles is 1. The molecule has 1 aromatic heterocycles. The van der Waals surface area contributed by atoms with E-state index >= 15 is 0 Å². The molecule has 7 heteroatoms. The third-order valence-corrected chi connectivity index (χ3v) is 3.66. The fraction of sp³-hybridized carbons (Fsp3) is 0.400. The van der Waals surface area contributed by atoms with Crippen LogP contribution < -0.4 is 0 Å². The summed E-state index contributed by atoms with van der Waals surface area (Å²) in [5, 5.41) is 12.8. The molecule has 114 valence electrons. The molecule has 1 aromatic carbocycles. The van der Waals surface area contributed by atoms with Crippen LogP contribution in [0.2, 0.25) is 0 Å². The Morgan fingerprint density at radius 1 is 1.45 bits per heavy atom. The van der Waals surface area contributed by atoms with Crippen molar-refractivity contribution in [2.45, 2.75) is 19.2 Å². The van der Waals surface area contributed by atoms with Crippen molar-refractivity contribution in [1.82, 2.24) is 19.7 Å². The molecule has 2 heterocycles. The minimum atomic E-state index is -0.335. The highest BCUT2D eigenvalue weighted by atomic mass is 19.1. The molecule has 22 heavy (non-hydrogen) atoms. The number of benzene rings is 1. The van der Waals surface area contributed by atoms with Gasteiger partial charge in [0.2, 0.25) is 0 Å². The molecule has 0 N–H and O–H groups in total. The largest absolute Gasteiger partial charge is 0.374 e. The Morgan fingerprint density at radius 3 is 3.09 bits per heavy atom. The van der Waals surface area contributed by atoms with E-state index in [9.17, 15) is 4.39 Å². The fourth-order valence-electron chi connectivity index (χ4n) is 2.56. The van der Waals surface area contributed by atoms with Crippen LogP contribution >= 0.6 is 0 Å². The quantitative estimate of drug-likeness (QED) is 0.848. The van der Waals surface area contributed by atoms with Gasteiger partial charge in [-0.3, -0.25) is 9.58 Å². The van der Waals surface area contributed by atoms with Crippen molar-refractivity contribution in [3.8, 4) is 6.07 Å². The van der Waals surface area contributed by atoms with E-state index in [1.165, 1.54) is 12.4 Å². The number of ether oxygens (including phenoxy) is 1. The second-order valence-electron chi connectivity index (χ2n) is 5.26. The topological polar surface area (TPSA) is 67.0 Å². The number of rotatable bonds is 4. The van der Waals surface area contributed by atoms with Crippen LogP contribution in [0, 0.1) is 17.1 Å². The zero-order valence-electron chi connectivity index (χ0n) is 12.0. The highest BCUT2D eigenvalue weighted by molar-refractivity contribution is 5.32. The summed E-state index contributed by atoms with van der Waals surface area (Å²) in [6.07, 6.45) is 3.16. The van der Waals surface area contributed by atoms with Crippen LogP contribution in [0.3, 0.4) is 0 Å². The van der Waals surface area contributed by atoms with Crippen LogP contribution in [-0.4, -0.2) is 45.5 Å². The summed E-state index contributed by atoms with van der Waals surface area (Å²) in [6, 6.07) is 6.54. The lowest BCUT2D eigenvalue weighted by molar-refractivity contribution is -0.0405. The van der Waals surface area contributed by atoms with Crippen molar-refractivity contribution in [1.29, 1.82) is 5.26 Å². The number of nitrogens with zero attached hydrogens (tertiary/aromatic N) is 5. The maximum atomic E-state index is 14.0. The average molecular weight is 301 g/mol. The summed E-state index contributed by atoms with van der Waals surface area (Å²) >= 11 is 0. The number of morpholine rings is 1. The Balaban J connectivity index is 1.61. The maximum absolute atomic E-state index is 14.0. The van der Waals surface area contributed by atoms with Crippen molar-refractivity contribution in [3.05, 3.63) is 47.8 Å². The summed E-state index contributed by atoms with van der Waals surface area (Å²) in [4.78, 5) is 6.06. The van der Waals surface area contributed by atoms with Gasteiger partial charge in [-0.25, -0.2) is 9.37 Å². The molecule has 1 aliphatic rings. The number of hydrogen-bond donors (Lipinski definition) is 0. The molecule has 0 aliphatic carbocycles. The molecule has 0 amide bonds. The van der Waals surface area contributed by atoms with Crippen LogP contribution in [0.5, 0.6) is 0 Å². The van der Waals surface area contributed by atoms with Gasteiger partial charge in [-0.1, -0.05) is 6.07 Å². The zero-order valence-corrected chi connectivity index (χ0v) is 12.0. The van der Waals surface area contributed by atoms with Gasteiger partial charge in [0.05, 0.1) is 30.9 Å². The van der Waals surface area contributed by atoms with E-state index in [2.05, 4.69) is 15.0 Å². The van der Waals surface area contributed by atoms with Crippen molar-refractivity contribution in [2.24, 2.45) is 0 Å². The molecular formula is C15H16FN5O. The summed E-state index contributed by atoms with van der Waals surface area (Å²) in [7, 11) is 0. The van der Waals surface area contributed by atoms with Gasteiger partial charge in [0.1, 0.15) is 18.5 Å². The predicted octanol–water partition coefficient (Wildman–Crippen LogP) is 1.19. The van der Waals surface area contributed by atoms with Crippen LogP contribution in [0.25, 0.3) is 0 Å². The van der Waals surface area contributed by atoms with Gasteiger partial charge < -0.3 is 4.74 Å². The van der Waals surface area contributed by atoms with E-state index in [4.69, 9.17) is 10.00 Å². The lowest BCUT2D eigenvalue weighted by atomic mass is 10.1. The first-order valence-corrected chi connectivity index (χ1v) is 7.09. The SMILES string of the molecule is N#Cc1ccc(CN2CCOC(Cn3cncn3)C2)c(F)c1. The van der Waals surface area contributed by atoms with E-state index in [0.717, 1.165) is 6.54 Å². The first-order valence-electron chi connectivity index (χ1n) is 7.09. The molecule has 1 aliphatic heterocycles. The van der Waals surface area contributed by atoms with Crippen molar-refractivity contribution in [3.63, 3.8) is 0 Å². The van der Waals surface area contributed by atoms with Crippen LogP contribution in [0.15, 0.2) is 30.9 Å². The molecule has 6 nitrogen and oxygen atoms in total. The molecule has 1 unspecified atom stereocenters. The highest BCUT2D eigenvalue weighted by Crippen LogP contribution is 2.15. The first-order chi connectivity index (χ1) is 10.7. The normalized spacial score (nSPS) is 19.0. The van der Waals surface area contributed by atoms with E-state index in [1.54, 1.807) is 23.1 Å². The van der Waals surface area contributed by atoms with Gasteiger partial charge in [0, 0.05) is 25.2 Å². The van der Waals surface area contributed by atoms with E-state index in [0.29, 0.717) is 37.4 Å².